The molecule has 0 aromatic heterocycles. The number of halogens is 1. The number of benzene rings is 3. The summed E-state index contributed by atoms with van der Waals surface area (Å²) in [4.78, 5) is 27.5. The summed E-state index contributed by atoms with van der Waals surface area (Å²) in [6, 6.07) is 23.2. The van der Waals surface area contributed by atoms with Crippen molar-refractivity contribution < 1.29 is 9.59 Å². The number of carbonyl (C=O) groups is 2. The van der Waals surface area contributed by atoms with Crippen LogP contribution in [0.15, 0.2) is 84.6 Å². The highest BCUT2D eigenvalue weighted by Crippen LogP contribution is 2.17. The number of rotatable bonds is 6. The highest BCUT2D eigenvalue weighted by atomic mass is 35.5. The highest BCUT2D eigenvalue weighted by molar-refractivity contribution is 6.30. The normalized spacial score (nSPS) is 11.0. The Morgan fingerprint density at radius 3 is 2.10 bits per heavy atom. The van der Waals surface area contributed by atoms with Crippen molar-refractivity contribution in [2.24, 2.45) is 0 Å². The average Bonchev–Trinajstić information content (AvgIpc) is 2.75. The average molecular weight is 420 g/mol. The molecule has 30 heavy (non-hydrogen) atoms. The van der Waals surface area contributed by atoms with Gasteiger partial charge in [-0.2, -0.15) is 0 Å². The van der Waals surface area contributed by atoms with Gasteiger partial charge >= 0.3 is 0 Å². The summed E-state index contributed by atoms with van der Waals surface area (Å²) in [6.45, 7) is 0. The van der Waals surface area contributed by atoms with Gasteiger partial charge in [0.1, 0.15) is 5.70 Å². The van der Waals surface area contributed by atoms with Crippen LogP contribution in [-0.2, 0) is 4.79 Å². The zero-order valence-electron chi connectivity index (χ0n) is 16.7. The predicted octanol–water partition coefficient (Wildman–Crippen LogP) is 4.82. The van der Waals surface area contributed by atoms with E-state index in [2.05, 4.69) is 10.6 Å². The molecule has 0 aliphatic heterocycles. The number of hydrogen-bond donors (Lipinski definition) is 2. The molecule has 0 radical (unpaired) electrons. The van der Waals surface area contributed by atoms with Crippen molar-refractivity contribution in [1.82, 2.24) is 5.32 Å². The monoisotopic (exact) mass is 419 g/mol. The summed E-state index contributed by atoms with van der Waals surface area (Å²) in [7, 11) is 3.91. The molecule has 0 spiro atoms. The third-order valence-electron chi connectivity index (χ3n) is 4.35. The van der Waals surface area contributed by atoms with Crippen LogP contribution in [0.5, 0.6) is 0 Å². The van der Waals surface area contributed by atoms with Crippen molar-refractivity contribution in [3.8, 4) is 0 Å². The van der Waals surface area contributed by atoms with Gasteiger partial charge in [-0.3, -0.25) is 9.59 Å². The van der Waals surface area contributed by atoms with E-state index in [0.717, 1.165) is 11.3 Å². The number of carbonyl (C=O) groups excluding carboxylic acids is 2. The molecule has 0 aliphatic rings. The Kier molecular flexibility index (Phi) is 6.88. The summed E-state index contributed by atoms with van der Waals surface area (Å²) in [5.74, 6) is -0.795. The van der Waals surface area contributed by atoms with Crippen LogP contribution in [0.3, 0.4) is 0 Å². The predicted molar refractivity (Wildman–Crippen MR) is 123 cm³/mol. The highest BCUT2D eigenvalue weighted by Gasteiger charge is 2.15. The van der Waals surface area contributed by atoms with Gasteiger partial charge in [0.25, 0.3) is 11.8 Å². The maximum atomic E-state index is 12.9. The SMILES string of the molecule is CN(C)c1ccc(/C=C(\NC(=O)c2ccccc2)C(=O)Nc2ccc(Cl)cc2)cc1. The van der Waals surface area contributed by atoms with E-state index in [9.17, 15) is 9.59 Å². The van der Waals surface area contributed by atoms with E-state index in [1.807, 2.05) is 49.3 Å². The molecule has 0 fully saturated rings. The Morgan fingerprint density at radius 2 is 1.50 bits per heavy atom. The van der Waals surface area contributed by atoms with Crippen LogP contribution in [0.4, 0.5) is 11.4 Å². The third kappa shape index (κ3) is 5.72. The first-order valence-electron chi connectivity index (χ1n) is 9.35. The molecule has 3 aromatic rings. The van der Waals surface area contributed by atoms with Gasteiger partial charge < -0.3 is 15.5 Å². The lowest BCUT2D eigenvalue weighted by atomic mass is 10.1. The molecule has 0 heterocycles. The second kappa shape index (κ2) is 9.76. The molecule has 6 heteroatoms. The summed E-state index contributed by atoms with van der Waals surface area (Å²) in [5.41, 5.74) is 3.00. The van der Waals surface area contributed by atoms with Gasteiger partial charge in [0, 0.05) is 36.1 Å². The van der Waals surface area contributed by atoms with Gasteiger partial charge in [0.2, 0.25) is 0 Å². The van der Waals surface area contributed by atoms with Crippen LogP contribution in [0.25, 0.3) is 6.08 Å². The van der Waals surface area contributed by atoms with Crippen LogP contribution in [-0.4, -0.2) is 25.9 Å². The number of amides is 2. The molecule has 0 unspecified atom stereocenters. The first-order chi connectivity index (χ1) is 14.4. The Hall–Kier alpha value is -3.57. The van der Waals surface area contributed by atoms with Crippen molar-refractivity contribution in [2.75, 3.05) is 24.3 Å². The second-order valence-corrected chi connectivity index (χ2v) is 7.26. The van der Waals surface area contributed by atoms with E-state index in [0.29, 0.717) is 16.3 Å². The molecule has 0 aliphatic carbocycles. The summed E-state index contributed by atoms with van der Waals surface area (Å²) in [5, 5.41) is 6.08. The largest absolute Gasteiger partial charge is 0.378 e. The van der Waals surface area contributed by atoms with Gasteiger partial charge in [-0.25, -0.2) is 0 Å². The van der Waals surface area contributed by atoms with Crippen molar-refractivity contribution in [2.45, 2.75) is 0 Å². The molecule has 0 bridgehead atoms. The van der Waals surface area contributed by atoms with Gasteiger partial charge in [-0.05, 0) is 60.2 Å². The van der Waals surface area contributed by atoms with Crippen molar-refractivity contribution in [1.29, 1.82) is 0 Å². The maximum absolute atomic E-state index is 12.9. The molecular weight excluding hydrogens is 398 g/mol. The van der Waals surface area contributed by atoms with Crippen molar-refractivity contribution in [3.63, 3.8) is 0 Å². The molecule has 0 saturated heterocycles. The molecule has 5 nitrogen and oxygen atoms in total. The number of nitrogens with zero attached hydrogens (tertiary/aromatic N) is 1. The Labute approximate surface area is 181 Å². The lowest BCUT2D eigenvalue weighted by Crippen LogP contribution is -2.30. The number of anilines is 2. The molecule has 2 N–H and O–H groups in total. The van der Waals surface area contributed by atoms with Crippen LogP contribution < -0.4 is 15.5 Å². The standard InChI is InChI=1S/C24H22ClN3O2/c1-28(2)21-14-8-17(9-15-21)16-22(27-23(29)18-6-4-3-5-7-18)24(30)26-20-12-10-19(25)11-13-20/h3-16H,1-2H3,(H,26,30)(H,27,29)/b22-16-. The van der Waals surface area contributed by atoms with Crippen LogP contribution in [0.2, 0.25) is 5.02 Å². The van der Waals surface area contributed by atoms with Crippen molar-refractivity contribution >= 4 is 40.9 Å². The molecule has 0 saturated carbocycles. The summed E-state index contributed by atoms with van der Waals surface area (Å²) >= 11 is 5.91. The van der Waals surface area contributed by atoms with Gasteiger partial charge in [-0.15, -0.1) is 0 Å². The maximum Gasteiger partial charge on any atom is 0.272 e. The first-order valence-corrected chi connectivity index (χ1v) is 9.72. The number of nitrogens with one attached hydrogen (secondary N) is 2. The van der Waals surface area contributed by atoms with Crippen LogP contribution in [0.1, 0.15) is 15.9 Å². The Balaban J connectivity index is 1.87. The minimum Gasteiger partial charge on any atom is -0.378 e. The first kappa shape index (κ1) is 21.1. The van der Waals surface area contributed by atoms with Crippen LogP contribution >= 0.6 is 11.6 Å². The zero-order chi connectivity index (χ0) is 21.5. The Bertz CT molecular complexity index is 1040. The van der Waals surface area contributed by atoms with E-state index >= 15 is 0 Å². The van der Waals surface area contributed by atoms with Crippen LogP contribution in [0, 0.1) is 0 Å². The second-order valence-electron chi connectivity index (χ2n) is 6.83. The van der Waals surface area contributed by atoms with Gasteiger partial charge in [0.15, 0.2) is 0 Å². The lowest BCUT2D eigenvalue weighted by molar-refractivity contribution is -0.113. The summed E-state index contributed by atoms with van der Waals surface area (Å²) < 4.78 is 0. The number of hydrogen-bond acceptors (Lipinski definition) is 3. The molecule has 0 atom stereocenters. The Morgan fingerprint density at radius 1 is 0.867 bits per heavy atom. The minimum atomic E-state index is -0.432. The molecule has 2 amide bonds. The topological polar surface area (TPSA) is 61.4 Å². The van der Waals surface area contributed by atoms with E-state index in [-0.39, 0.29) is 11.6 Å². The van der Waals surface area contributed by atoms with E-state index in [1.54, 1.807) is 54.6 Å². The minimum absolute atomic E-state index is 0.136. The van der Waals surface area contributed by atoms with Gasteiger partial charge in [0.05, 0.1) is 0 Å². The quantitative estimate of drug-likeness (QED) is 0.563. The lowest BCUT2D eigenvalue weighted by Gasteiger charge is -2.13. The van der Waals surface area contributed by atoms with E-state index in [4.69, 9.17) is 11.6 Å². The molecule has 3 aromatic carbocycles. The van der Waals surface area contributed by atoms with Gasteiger partial charge in [-0.1, -0.05) is 41.9 Å². The summed E-state index contributed by atoms with van der Waals surface area (Å²) in [6.07, 6.45) is 1.64. The van der Waals surface area contributed by atoms with E-state index < -0.39 is 5.91 Å². The zero-order valence-corrected chi connectivity index (χ0v) is 17.5. The molecule has 3 rings (SSSR count). The molecular formula is C24H22ClN3O2. The fraction of sp³-hybridized carbons (Fsp3) is 0.0833. The fourth-order valence-electron chi connectivity index (χ4n) is 2.71. The fourth-order valence-corrected chi connectivity index (χ4v) is 2.84. The molecule has 152 valence electrons. The smallest absolute Gasteiger partial charge is 0.272 e. The van der Waals surface area contributed by atoms with E-state index in [1.165, 1.54) is 0 Å². The third-order valence-corrected chi connectivity index (χ3v) is 4.60. The van der Waals surface area contributed by atoms with Crippen molar-refractivity contribution in [3.05, 3.63) is 101 Å².